The summed E-state index contributed by atoms with van der Waals surface area (Å²) in [6, 6.07) is 0. The van der Waals surface area contributed by atoms with Gasteiger partial charge in [-0.1, -0.05) is 384 Å². The summed E-state index contributed by atoms with van der Waals surface area (Å²) in [6.07, 6.45) is 120. The van der Waals surface area contributed by atoms with Crippen molar-refractivity contribution in [2.45, 2.75) is 373 Å². The van der Waals surface area contributed by atoms with Gasteiger partial charge in [-0.15, -0.1) is 0 Å². The second-order valence-corrected chi connectivity index (χ2v) is 29.4. The van der Waals surface area contributed by atoms with Crippen LogP contribution in [0.1, 0.15) is 361 Å². The molecule has 0 aromatic heterocycles. The molecule has 2 atom stereocenters. The molecule has 103 heavy (non-hydrogen) atoms. The van der Waals surface area contributed by atoms with E-state index in [-0.39, 0.29) is 32.2 Å². The van der Waals surface area contributed by atoms with Crippen LogP contribution >= 0.6 is 0 Å². The molecule has 0 spiro atoms. The van der Waals surface area contributed by atoms with E-state index < -0.39 is 24.3 Å². The quantitative estimate of drug-likeness (QED) is 0.0211. The number of carboxylic acids is 1. The van der Waals surface area contributed by atoms with Gasteiger partial charge in [0.25, 0.3) is 6.29 Å². The minimum absolute atomic E-state index is 0.183. The lowest BCUT2D eigenvalue weighted by Gasteiger charge is -2.25. The maximum absolute atomic E-state index is 13.0. The van der Waals surface area contributed by atoms with Gasteiger partial charge in [-0.25, -0.2) is 4.79 Å². The van der Waals surface area contributed by atoms with Crippen molar-refractivity contribution in [3.63, 3.8) is 0 Å². The number of quaternary nitrogens is 1. The third kappa shape index (κ3) is 84.1. The van der Waals surface area contributed by atoms with Gasteiger partial charge in [-0.3, -0.25) is 9.59 Å². The lowest BCUT2D eigenvalue weighted by atomic mass is 10.0. The van der Waals surface area contributed by atoms with E-state index in [4.69, 9.17) is 18.9 Å². The minimum Gasteiger partial charge on any atom is -0.477 e. The van der Waals surface area contributed by atoms with E-state index in [1.807, 2.05) is 21.1 Å². The Labute approximate surface area is 635 Å². The first kappa shape index (κ1) is 97.9. The van der Waals surface area contributed by atoms with E-state index in [0.717, 1.165) is 128 Å². The van der Waals surface area contributed by atoms with Crippen LogP contribution in [0.25, 0.3) is 0 Å². The summed E-state index contributed by atoms with van der Waals surface area (Å²) in [5, 5.41) is 9.79. The molecule has 0 fully saturated rings. The van der Waals surface area contributed by atoms with Crippen LogP contribution in [0.5, 0.6) is 0 Å². The number of esters is 2. The fourth-order valence-electron chi connectivity index (χ4n) is 11.9. The normalized spacial score (nSPS) is 13.4. The first-order valence-electron chi connectivity index (χ1n) is 42.6. The lowest BCUT2D eigenvalue weighted by Crippen LogP contribution is -2.40. The van der Waals surface area contributed by atoms with E-state index >= 15 is 0 Å². The lowest BCUT2D eigenvalue weighted by molar-refractivity contribution is -0.870. The highest BCUT2D eigenvalue weighted by Crippen LogP contribution is 2.19. The van der Waals surface area contributed by atoms with Crippen LogP contribution in [-0.2, 0) is 33.3 Å². The van der Waals surface area contributed by atoms with Gasteiger partial charge in [-0.2, -0.15) is 0 Å². The summed E-state index contributed by atoms with van der Waals surface area (Å²) in [7, 11) is 5.99. The summed E-state index contributed by atoms with van der Waals surface area (Å²) in [4.78, 5) is 37.8. The average molecular weight is 1430 g/mol. The number of hydrogen-bond donors (Lipinski definition) is 1. The molecular weight excluding hydrogens is 1270 g/mol. The summed E-state index contributed by atoms with van der Waals surface area (Å²) >= 11 is 0. The average Bonchev–Trinajstić information content (AvgIpc) is 0.985. The van der Waals surface area contributed by atoms with Gasteiger partial charge in [0.2, 0.25) is 0 Å². The van der Waals surface area contributed by atoms with Crippen LogP contribution in [0, 0.1) is 0 Å². The van der Waals surface area contributed by atoms with Gasteiger partial charge in [0, 0.05) is 12.8 Å². The predicted molar refractivity (Wildman–Crippen MR) is 447 cm³/mol. The molecule has 0 aromatic carbocycles. The zero-order chi connectivity index (χ0) is 74.6. The Balaban J connectivity index is 4.01. The second kappa shape index (κ2) is 82.6. The molecule has 0 saturated carbocycles. The number of carbonyl (C=O) groups is 3. The second-order valence-electron chi connectivity index (χ2n) is 29.4. The first-order chi connectivity index (χ1) is 50.6. The number of unbranched alkanes of at least 4 members (excludes halogenated alkanes) is 37. The molecule has 0 heterocycles. The van der Waals surface area contributed by atoms with Crippen molar-refractivity contribution in [3.8, 4) is 0 Å². The molecular formula is C94H160NO8+. The predicted octanol–water partition coefficient (Wildman–Crippen LogP) is 27.9. The van der Waals surface area contributed by atoms with E-state index in [0.29, 0.717) is 23.9 Å². The number of carboxylic acid groups (broad SMARTS) is 1. The number of hydrogen-bond acceptors (Lipinski definition) is 7. The molecule has 0 amide bonds. The summed E-state index contributed by atoms with van der Waals surface area (Å²) < 4.78 is 23.1. The standard InChI is InChI=1S/C94H159NO8/c1-6-8-10-12-14-16-18-20-22-24-26-28-30-32-34-36-38-40-42-44-46-48-50-52-54-56-58-60-62-64-66-68-70-72-74-76-78-80-82-84-91(96)101-88-90(89-102-94(93(98)99)100-87-86-95(3,4)5)103-92(97)85-83-81-79-77-75-73-71-69-67-65-63-61-59-57-55-53-51-49-47-45-43-41-39-37-35-33-31-29-27-25-23-21-19-17-15-13-11-9-7-2/h8-11,14-17,20-23,26-29,33,35,39,41,45,47,51,53,57,59,90,94H,6-7,12-13,18-19,24-25,30-32,34,36-38,40,42-44,46,48-50,52,54-56,58,60-89H2,1-5H3/p+1/b10-8-,11-9-,16-14-,17-15-,22-20-,23-21-,28-26-,29-27-,35-33-,41-39-,47-45-,53-51-,59-57-. The van der Waals surface area contributed by atoms with E-state index in [1.54, 1.807) is 0 Å². The number of nitrogens with zero attached hydrogens (tertiary/aromatic N) is 1. The van der Waals surface area contributed by atoms with Gasteiger partial charge in [-0.05, 0) is 122 Å². The smallest absolute Gasteiger partial charge is 0.361 e. The van der Waals surface area contributed by atoms with Crippen molar-refractivity contribution in [3.05, 3.63) is 158 Å². The molecule has 0 aliphatic heterocycles. The van der Waals surface area contributed by atoms with Gasteiger partial charge in [0.1, 0.15) is 13.2 Å². The molecule has 0 aromatic rings. The highest BCUT2D eigenvalue weighted by atomic mass is 16.7. The molecule has 588 valence electrons. The van der Waals surface area contributed by atoms with Gasteiger partial charge in [0.05, 0.1) is 34.4 Å². The molecule has 0 aliphatic rings. The van der Waals surface area contributed by atoms with Gasteiger partial charge >= 0.3 is 17.9 Å². The molecule has 1 N–H and O–H groups in total. The zero-order valence-corrected chi connectivity index (χ0v) is 67.4. The Hall–Kier alpha value is -5.09. The van der Waals surface area contributed by atoms with Crippen molar-refractivity contribution < 1.29 is 42.9 Å². The Morgan fingerprint density at radius 3 is 0.777 bits per heavy atom. The van der Waals surface area contributed by atoms with Crippen LogP contribution in [0.3, 0.4) is 0 Å². The monoisotopic (exact) mass is 1430 g/mol. The number of aliphatic carboxylic acids is 1. The molecule has 0 bridgehead atoms. The zero-order valence-electron chi connectivity index (χ0n) is 67.4. The van der Waals surface area contributed by atoms with Gasteiger partial charge in [0.15, 0.2) is 6.10 Å². The highest BCUT2D eigenvalue weighted by Gasteiger charge is 2.25. The SMILES string of the molecule is CC/C=C\C/C=C\C/C=C\C/C=C\C/C=C\C/C=C\C/C=C\C/C=C\C/C=C\CCCCCCCCCCCCCC(=O)OC(COC(=O)CCCCCCCCCCCCCCCCCCCCCCCCCCCC/C=C\C/C=C\C/C=C\C/C=C\CC)COC(OCC[N+](C)(C)C)C(=O)O. The Morgan fingerprint density at radius 1 is 0.291 bits per heavy atom. The van der Waals surface area contributed by atoms with E-state index in [2.05, 4.69) is 172 Å². The maximum Gasteiger partial charge on any atom is 0.361 e. The molecule has 0 radical (unpaired) electrons. The minimum atomic E-state index is -1.52. The van der Waals surface area contributed by atoms with E-state index in [9.17, 15) is 19.5 Å². The molecule has 0 saturated heterocycles. The van der Waals surface area contributed by atoms with Crippen LogP contribution in [0.2, 0.25) is 0 Å². The van der Waals surface area contributed by atoms with Crippen LogP contribution < -0.4 is 0 Å². The number of ether oxygens (including phenoxy) is 4. The first-order valence-corrected chi connectivity index (χ1v) is 42.6. The van der Waals surface area contributed by atoms with E-state index in [1.165, 1.54) is 199 Å². The van der Waals surface area contributed by atoms with Crippen molar-refractivity contribution in [1.29, 1.82) is 0 Å². The third-order valence-electron chi connectivity index (χ3n) is 18.3. The molecule has 9 nitrogen and oxygen atoms in total. The Kier molecular flexibility index (Phi) is 78.5. The van der Waals surface area contributed by atoms with Crippen molar-refractivity contribution in [2.75, 3.05) is 47.5 Å². The van der Waals surface area contributed by atoms with Crippen molar-refractivity contribution >= 4 is 17.9 Å². The number of likely N-dealkylation sites (N-methyl/N-ethyl adjacent to an activating group) is 1. The molecule has 0 rings (SSSR count). The fourth-order valence-corrected chi connectivity index (χ4v) is 11.9. The maximum atomic E-state index is 13.0. The summed E-state index contributed by atoms with van der Waals surface area (Å²) in [5.74, 6) is -2.00. The van der Waals surface area contributed by atoms with Crippen molar-refractivity contribution in [1.82, 2.24) is 0 Å². The van der Waals surface area contributed by atoms with Crippen molar-refractivity contribution in [2.24, 2.45) is 0 Å². The Bertz CT molecular complexity index is 2270. The molecule has 0 aliphatic carbocycles. The van der Waals surface area contributed by atoms with Gasteiger partial charge < -0.3 is 28.5 Å². The molecule has 9 heteroatoms. The summed E-state index contributed by atoms with van der Waals surface area (Å²) in [6.45, 7) is 4.68. The number of rotatable bonds is 78. The Morgan fingerprint density at radius 2 is 0.524 bits per heavy atom. The fraction of sp³-hybridized carbons (Fsp3) is 0.691. The topological polar surface area (TPSA) is 108 Å². The highest BCUT2D eigenvalue weighted by molar-refractivity contribution is 5.71. The van der Waals surface area contributed by atoms with Crippen LogP contribution in [0.15, 0.2) is 158 Å². The van der Waals surface area contributed by atoms with Crippen LogP contribution in [-0.4, -0.2) is 87.4 Å². The number of allylic oxidation sites excluding steroid dienone is 26. The van der Waals surface area contributed by atoms with Crippen LogP contribution in [0.4, 0.5) is 0 Å². The summed E-state index contributed by atoms with van der Waals surface area (Å²) in [5.41, 5.74) is 0. The number of carbonyl (C=O) groups excluding carboxylic acids is 2. The molecule has 2 unspecified atom stereocenters. The third-order valence-corrected chi connectivity index (χ3v) is 18.3. The largest absolute Gasteiger partial charge is 0.477 e.